The van der Waals surface area contributed by atoms with E-state index >= 15 is 0 Å². The van der Waals surface area contributed by atoms with Crippen molar-refractivity contribution in [3.05, 3.63) is 71.3 Å². The van der Waals surface area contributed by atoms with Crippen molar-refractivity contribution in [3.8, 4) is 5.75 Å². The van der Waals surface area contributed by atoms with E-state index in [0.29, 0.717) is 30.6 Å². The average Bonchev–Trinajstić information content (AvgIpc) is 3.18. The van der Waals surface area contributed by atoms with Crippen LogP contribution in [-0.4, -0.2) is 19.2 Å². The number of hydrogen-bond acceptors (Lipinski definition) is 4. The molecule has 0 aromatic heterocycles. The van der Waals surface area contributed by atoms with E-state index in [2.05, 4.69) is 35.7 Å². The standard InChI is InChI=1S/C23H25NO3/c1-3-26-16-13-11-15(12-14-16)21-18-8-5-7-17(18)19-9-6-10-20(22(19)24-21)23(25)27-4-2/h5-7,9-14,17-18,21,24H,3-4,8H2,1-2H3/t17-,18+,21+/m1/s1. The number of esters is 1. The first kappa shape index (κ1) is 17.7. The summed E-state index contributed by atoms with van der Waals surface area (Å²) in [6.45, 7) is 4.85. The number of anilines is 1. The van der Waals surface area contributed by atoms with Gasteiger partial charge in [-0.25, -0.2) is 4.79 Å². The van der Waals surface area contributed by atoms with Crippen LogP contribution in [-0.2, 0) is 4.74 Å². The van der Waals surface area contributed by atoms with Gasteiger partial charge >= 0.3 is 5.97 Å². The van der Waals surface area contributed by atoms with Crippen LogP contribution in [0.15, 0.2) is 54.6 Å². The van der Waals surface area contributed by atoms with Gasteiger partial charge in [-0.1, -0.05) is 36.4 Å². The molecular weight excluding hydrogens is 338 g/mol. The minimum absolute atomic E-state index is 0.142. The van der Waals surface area contributed by atoms with Crippen molar-refractivity contribution in [1.29, 1.82) is 0 Å². The Morgan fingerprint density at radius 3 is 2.67 bits per heavy atom. The zero-order valence-electron chi connectivity index (χ0n) is 15.8. The zero-order chi connectivity index (χ0) is 18.8. The summed E-state index contributed by atoms with van der Waals surface area (Å²) in [5.41, 5.74) is 3.91. The van der Waals surface area contributed by atoms with Crippen LogP contribution in [0.2, 0.25) is 0 Å². The van der Waals surface area contributed by atoms with E-state index in [1.165, 1.54) is 11.1 Å². The van der Waals surface area contributed by atoms with E-state index in [-0.39, 0.29) is 12.0 Å². The summed E-state index contributed by atoms with van der Waals surface area (Å²) < 4.78 is 10.9. The number of fused-ring (bicyclic) bond motifs is 3. The Balaban J connectivity index is 1.72. The first-order valence-electron chi connectivity index (χ1n) is 9.69. The van der Waals surface area contributed by atoms with E-state index in [0.717, 1.165) is 17.9 Å². The molecule has 0 unspecified atom stereocenters. The van der Waals surface area contributed by atoms with Gasteiger partial charge in [0.25, 0.3) is 0 Å². The Labute approximate surface area is 160 Å². The van der Waals surface area contributed by atoms with Crippen molar-refractivity contribution in [2.45, 2.75) is 32.2 Å². The summed E-state index contributed by atoms with van der Waals surface area (Å²) in [7, 11) is 0. The highest BCUT2D eigenvalue weighted by Crippen LogP contribution is 2.50. The van der Waals surface area contributed by atoms with Crippen LogP contribution in [0.1, 0.15) is 53.7 Å². The minimum Gasteiger partial charge on any atom is -0.494 e. The number of para-hydroxylation sites is 1. The van der Waals surface area contributed by atoms with Crippen LogP contribution >= 0.6 is 0 Å². The van der Waals surface area contributed by atoms with Crippen LogP contribution in [0.5, 0.6) is 5.75 Å². The predicted octanol–water partition coefficient (Wildman–Crippen LogP) is 5.09. The SMILES string of the molecule is CCOC(=O)c1cccc2c1N[C@@H](c1ccc(OCC)cc1)[C@H]1CC=C[C@@H]21. The summed E-state index contributed by atoms with van der Waals surface area (Å²) in [5.74, 6) is 1.36. The largest absolute Gasteiger partial charge is 0.494 e. The smallest absolute Gasteiger partial charge is 0.340 e. The first-order chi connectivity index (χ1) is 13.2. The van der Waals surface area contributed by atoms with Gasteiger partial charge in [0.1, 0.15) is 5.75 Å². The normalized spacial score (nSPS) is 22.5. The summed E-state index contributed by atoms with van der Waals surface area (Å²) >= 11 is 0. The summed E-state index contributed by atoms with van der Waals surface area (Å²) in [4.78, 5) is 12.5. The quantitative estimate of drug-likeness (QED) is 0.594. The number of allylic oxidation sites excluding steroid dienone is 2. The molecule has 0 fully saturated rings. The van der Waals surface area contributed by atoms with Gasteiger partial charge in [0.05, 0.1) is 30.5 Å². The fourth-order valence-electron chi connectivity index (χ4n) is 4.27. The molecule has 0 amide bonds. The van der Waals surface area contributed by atoms with Gasteiger partial charge in [0, 0.05) is 5.92 Å². The van der Waals surface area contributed by atoms with Crippen molar-refractivity contribution < 1.29 is 14.3 Å². The fraction of sp³-hybridized carbons (Fsp3) is 0.348. The third-order valence-electron chi connectivity index (χ3n) is 5.44. The van der Waals surface area contributed by atoms with Crippen molar-refractivity contribution in [3.63, 3.8) is 0 Å². The molecule has 2 aromatic rings. The number of hydrogen-bond donors (Lipinski definition) is 1. The molecule has 0 radical (unpaired) electrons. The Hall–Kier alpha value is -2.75. The third-order valence-corrected chi connectivity index (χ3v) is 5.44. The Morgan fingerprint density at radius 2 is 1.93 bits per heavy atom. The van der Waals surface area contributed by atoms with Crippen LogP contribution in [0, 0.1) is 5.92 Å². The van der Waals surface area contributed by atoms with Crippen molar-refractivity contribution in [2.75, 3.05) is 18.5 Å². The Morgan fingerprint density at radius 1 is 1.11 bits per heavy atom. The minimum atomic E-state index is -0.271. The first-order valence-corrected chi connectivity index (χ1v) is 9.69. The van der Waals surface area contributed by atoms with Crippen molar-refractivity contribution in [2.24, 2.45) is 5.92 Å². The highest BCUT2D eigenvalue weighted by Gasteiger charge is 2.39. The maximum atomic E-state index is 12.5. The topological polar surface area (TPSA) is 47.6 Å². The maximum absolute atomic E-state index is 12.5. The lowest BCUT2D eigenvalue weighted by Crippen LogP contribution is -2.30. The highest BCUT2D eigenvalue weighted by atomic mass is 16.5. The monoisotopic (exact) mass is 363 g/mol. The van der Waals surface area contributed by atoms with Crippen LogP contribution in [0.3, 0.4) is 0 Å². The maximum Gasteiger partial charge on any atom is 0.340 e. The van der Waals surface area contributed by atoms with Gasteiger partial charge in [-0.2, -0.15) is 0 Å². The number of ether oxygens (including phenoxy) is 2. The lowest BCUT2D eigenvalue weighted by molar-refractivity contribution is 0.0527. The number of benzene rings is 2. The molecule has 0 bridgehead atoms. The van der Waals surface area contributed by atoms with E-state index < -0.39 is 0 Å². The zero-order valence-corrected chi connectivity index (χ0v) is 15.8. The van der Waals surface area contributed by atoms with Crippen molar-refractivity contribution in [1.82, 2.24) is 0 Å². The van der Waals surface area contributed by atoms with Gasteiger partial charge in [-0.3, -0.25) is 0 Å². The van der Waals surface area contributed by atoms with Crippen LogP contribution in [0.4, 0.5) is 5.69 Å². The second kappa shape index (κ2) is 7.47. The number of carbonyl (C=O) groups is 1. The van der Waals surface area contributed by atoms with Crippen molar-refractivity contribution >= 4 is 11.7 Å². The molecule has 27 heavy (non-hydrogen) atoms. The van der Waals surface area contributed by atoms with Crippen LogP contribution < -0.4 is 10.1 Å². The van der Waals surface area contributed by atoms with Gasteiger partial charge in [0.2, 0.25) is 0 Å². The third kappa shape index (κ3) is 3.20. The molecule has 0 spiro atoms. The lowest BCUT2D eigenvalue weighted by atomic mass is 9.76. The number of rotatable bonds is 5. The molecule has 2 aromatic carbocycles. The highest BCUT2D eigenvalue weighted by molar-refractivity contribution is 5.97. The van der Waals surface area contributed by atoms with E-state index in [9.17, 15) is 4.79 Å². The van der Waals surface area contributed by atoms with Gasteiger partial charge in [-0.05, 0) is 55.5 Å². The number of nitrogens with one attached hydrogen (secondary N) is 1. The number of carbonyl (C=O) groups excluding carboxylic acids is 1. The second-order valence-electron chi connectivity index (χ2n) is 6.97. The molecule has 0 saturated heterocycles. The van der Waals surface area contributed by atoms with Gasteiger partial charge < -0.3 is 14.8 Å². The molecule has 1 heterocycles. The molecule has 4 nitrogen and oxygen atoms in total. The fourth-order valence-corrected chi connectivity index (χ4v) is 4.27. The Kier molecular flexibility index (Phi) is 4.88. The molecule has 1 N–H and O–H groups in total. The van der Waals surface area contributed by atoms with E-state index in [1.54, 1.807) is 0 Å². The molecule has 4 rings (SSSR count). The molecule has 0 saturated carbocycles. The van der Waals surface area contributed by atoms with Crippen LogP contribution in [0.25, 0.3) is 0 Å². The molecular formula is C23H25NO3. The van der Waals surface area contributed by atoms with E-state index in [4.69, 9.17) is 9.47 Å². The predicted molar refractivity (Wildman–Crippen MR) is 106 cm³/mol. The average molecular weight is 363 g/mol. The van der Waals surface area contributed by atoms with Gasteiger partial charge in [-0.15, -0.1) is 0 Å². The molecule has 1 aliphatic heterocycles. The summed E-state index contributed by atoms with van der Waals surface area (Å²) in [6.07, 6.45) is 5.56. The second-order valence-corrected chi connectivity index (χ2v) is 6.97. The molecule has 140 valence electrons. The molecule has 3 atom stereocenters. The molecule has 4 heteroatoms. The molecule has 2 aliphatic rings. The Bertz CT molecular complexity index is 856. The molecule has 1 aliphatic carbocycles. The van der Waals surface area contributed by atoms with E-state index in [1.807, 2.05) is 38.1 Å². The lowest BCUT2D eigenvalue weighted by Gasteiger charge is -2.38. The summed E-state index contributed by atoms with van der Waals surface area (Å²) in [5, 5.41) is 3.66. The summed E-state index contributed by atoms with van der Waals surface area (Å²) in [6, 6.07) is 14.3. The van der Waals surface area contributed by atoms with Gasteiger partial charge in [0.15, 0.2) is 0 Å².